The van der Waals surface area contributed by atoms with Crippen LogP contribution in [0.1, 0.15) is 91.0 Å². The Balaban J connectivity index is 0.000000559. The zero-order valence-electron chi connectivity index (χ0n) is 22.4. The van der Waals surface area contributed by atoms with E-state index in [-0.39, 0.29) is 11.9 Å². The van der Waals surface area contributed by atoms with Crippen molar-refractivity contribution < 1.29 is 32.7 Å². The van der Waals surface area contributed by atoms with Gasteiger partial charge in [0, 0.05) is 23.1 Å². The summed E-state index contributed by atoms with van der Waals surface area (Å²) in [7, 11) is 0. The molecule has 0 aliphatic heterocycles. The van der Waals surface area contributed by atoms with Gasteiger partial charge in [-0.2, -0.15) is 13.2 Å². The number of aromatic nitrogens is 2. The molecule has 11 heteroatoms. The largest absolute Gasteiger partial charge is 0.490 e. The van der Waals surface area contributed by atoms with E-state index in [1.54, 1.807) is 11.3 Å². The molecule has 3 aromatic rings. The van der Waals surface area contributed by atoms with Gasteiger partial charge < -0.3 is 15.4 Å². The number of alkyl halides is 3. The number of nitrogens with zero attached hydrogens (tertiary/aromatic N) is 1. The second-order valence-electron chi connectivity index (χ2n) is 9.63. The number of hydrogen-bond donors (Lipinski definition) is 3. The summed E-state index contributed by atoms with van der Waals surface area (Å²) in [5.41, 5.74) is 4.10. The maximum absolute atomic E-state index is 13.3. The molecule has 1 atom stereocenters. The maximum atomic E-state index is 13.3. The number of carboxylic acids is 1. The first-order valence-corrected chi connectivity index (χ1v) is 14.3. The molecule has 1 aliphatic rings. The van der Waals surface area contributed by atoms with Crippen molar-refractivity contribution in [2.45, 2.75) is 83.4 Å². The smallest absolute Gasteiger partial charge is 0.475 e. The van der Waals surface area contributed by atoms with Gasteiger partial charge in [-0.15, -0.1) is 11.3 Å². The molecule has 0 spiro atoms. The molecule has 4 rings (SSSR count). The van der Waals surface area contributed by atoms with Crippen molar-refractivity contribution in [2.24, 2.45) is 0 Å². The number of aliphatic carboxylic acids is 1. The lowest BCUT2D eigenvalue weighted by Gasteiger charge is -2.18. The average molecular weight is 578 g/mol. The van der Waals surface area contributed by atoms with Gasteiger partial charge in [-0.3, -0.25) is 9.59 Å². The normalized spacial score (nSPS) is 13.5. The summed E-state index contributed by atoms with van der Waals surface area (Å²) in [6.45, 7) is 1.91. The number of fused-ring (bicyclic) bond motifs is 1. The number of halogens is 3. The van der Waals surface area contributed by atoms with Crippen molar-refractivity contribution in [3.05, 3.63) is 63.7 Å². The van der Waals surface area contributed by atoms with Gasteiger partial charge in [0.2, 0.25) is 0 Å². The molecule has 216 valence electrons. The standard InChI is InChI=1S/C27H33N3O2S.C2HF3O2/c1-2-20(31)13-7-4-8-15-23(26-28-17-24(29-26)19-11-5-3-6-12-19)30-27(32)22-18-33-25-16-10-9-14-21(22)25;3-2(4,5)1(6)7/h3,5-6,11-12,17-18,23H,2,4,7-10,13-16H2,1H3,(H,28,29)(H,30,32);(H,6,7)/t23-;/m0./s1. The molecule has 0 saturated carbocycles. The fraction of sp³-hybridized carbons (Fsp3) is 0.448. The lowest BCUT2D eigenvalue weighted by Crippen LogP contribution is -2.30. The molecule has 0 radical (unpaired) electrons. The third-order valence-corrected chi connectivity index (χ3v) is 7.80. The van der Waals surface area contributed by atoms with Crippen molar-refractivity contribution in [1.29, 1.82) is 0 Å². The highest BCUT2D eigenvalue weighted by Crippen LogP contribution is 2.31. The minimum atomic E-state index is -5.08. The highest BCUT2D eigenvalue weighted by atomic mass is 32.1. The maximum Gasteiger partial charge on any atom is 0.490 e. The van der Waals surface area contributed by atoms with Crippen LogP contribution in [0.5, 0.6) is 0 Å². The van der Waals surface area contributed by atoms with Gasteiger partial charge >= 0.3 is 12.1 Å². The fourth-order valence-corrected chi connectivity index (χ4v) is 5.63. The molecule has 0 unspecified atom stereocenters. The fourth-order valence-electron chi connectivity index (χ4n) is 4.50. The quantitative estimate of drug-likeness (QED) is 0.211. The van der Waals surface area contributed by atoms with E-state index in [1.165, 1.54) is 16.9 Å². The monoisotopic (exact) mass is 577 g/mol. The lowest BCUT2D eigenvalue weighted by atomic mass is 9.95. The van der Waals surface area contributed by atoms with Crippen LogP contribution in [0.2, 0.25) is 0 Å². The van der Waals surface area contributed by atoms with E-state index in [4.69, 9.17) is 9.90 Å². The first kappa shape index (κ1) is 31.1. The van der Waals surface area contributed by atoms with Crippen molar-refractivity contribution >= 4 is 29.0 Å². The zero-order valence-corrected chi connectivity index (χ0v) is 23.2. The van der Waals surface area contributed by atoms with E-state index in [9.17, 15) is 22.8 Å². The lowest BCUT2D eigenvalue weighted by molar-refractivity contribution is -0.192. The summed E-state index contributed by atoms with van der Waals surface area (Å²) in [4.78, 5) is 43.2. The molecule has 0 fully saturated rings. The second-order valence-corrected chi connectivity index (χ2v) is 10.6. The summed E-state index contributed by atoms with van der Waals surface area (Å²) >= 11 is 1.72. The van der Waals surface area contributed by atoms with Crippen LogP contribution in [0.25, 0.3) is 11.3 Å². The number of benzene rings is 1. The molecule has 2 heterocycles. The molecule has 7 nitrogen and oxygen atoms in total. The minimum absolute atomic E-state index is 0.00165. The number of H-pyrrole nitrogens is 1. The number of carbonyl (C=O) groups excluding carboxylic acids is 2. The number of aromatic amines is 1. The molecular formula is C29H34F3N3O4S. The second kappa shape index (κ2) is 14.8. The summed E-state index contributed by atoms with van der Waals surface area (Å²) in [5, 5.41) is 12.4. The number of carbonyl (C=O) groups is 3. The van der Waals surface area contributed by atoms with Crippen LogP contribution in [0.3, 0.4) is 0 Å². The van der Waals surface area contributed by atoms with E-state index < -0.39 is 12.1 Å². The third kappa shape index (κ3) is 9.04. The number of hydrogen-bond acceptors (Lipinski definition) is 5. The third-order valence-electron chi connectivity index (χ3n) is 6.71. The Bertz CT molecular complexity index is 1270. The number of ketones is 1. The number of amides is 1. The molecular weight excluding hydrogens is 543 g/mol. The highest BCUT2D eigenvalue weighted by Gasteiger charge is 2.38. The number of Topliss-reactive ketones (excluding diaryl/α,β-unsaturated/α-hetero) is 1. The van der Waals surface area contributed by atoms with Crippen molar-refractivity contribution in [1.82, 2.24) is 15.3 Å². The average Bonchev–Trinajstić information content (AvgIpc) is 3.60. The summed E-state index contributed by atoms with van der Waals surface area (Å²) in [5.74, 6) is -1.65. The number of thiophene rings is 1. The molecule has 40 heavy (non-hydrogen) atoms. The Labute approximate surface area is 235 Å². The summed E-state index contributed by atoms with van der Waals surface area (Å²) in [6.07, 6.45) is 6.07. The zero-order chi connectivity index (χ0) is 29.1. The van der Waals surface area contributed by atoms with Gasteiger partial charge in [0.1, 0.15) is 11.6 Å². The van der Waals surface area contributed by atoms with E-state index in [0.717, 1.165) is 67.6 Å². The number of unbranched alkanes of at least 4 members (excludes halogenated alkanes) is 2. The predicted molar refractivity (Wildman–Crippen MR) is 147 cm³/mol. The van der Waals surface area contributed by atoms with Crippen LogP contribution in [-0.2, 0) is 22.4 Å². The molecule has 3 N–H and O–H groups in total. The summed E-state index contributed by atoms with van der Waals surface area (Å²) < 4.78 is 31.7. The molecule has 2 aromatic heterocycles. The van der Waals surface area contributed by atoms with Crippen LogP contribution >= 0.6 is 11.3 Å². The summed E-state index contributed by atoms with van der Waals surface area (Å²) in [6, 6.07) is 9.92. The minimum Gasteiger partial charge on any atom is -0.475 e. The predicted octanol–water partition coefficient (Wildman–Crippen LogP) is 7.05. The Morgan fingerprint density at radius 3 is 2.48 bits per heavy atom. The highest BCUT2D eigenvalue weighted by molar-refractivity contribution is 7.10. The van der Waals surface area contributed by atoms with Gasteiger partial charge in [-0.05, 0) is 49.7 Å². The van der Waals surface area contributed by atoms with Crippen LogP contribution in [-0.4, -0.2) is 38.9 Å². The van der Waals surface area contributed by atoms with E-state index in [0.29, 0.717) is 18.6 Å². The number of imidazole rings is 1. The first-order chi connectivity index (χ1) is 19.1. The van der Waals surface area contributed by atoms with Crippen molar-refractivity contribution in [2.75, 3.05) is 0 Å². The van der Waals surface area contributed by atoms with Crippen LogP contribution < -0.4 is 5.32 Å². The first-order valence-electron chi connectivity index (χ1n) is 13.4. The molecule has 1 aliphatic carbocycles. The van der Waals surface area contributed by atoms with Gasteiger partial charge in [-0.1, -0.05) is 50.1 Å². The number of carboxylic acid groups (broad SMARTS) is 1. The molecule has 0 bridgehead atoms. The Morgan fingerprint density at radius 2 is 1.80 bits per heavy atom. The van der Waals surface area contributed by atoms with E-state index >= 15 is 0 Å². The van der Waals surface area contributed by atoms with Gasteiger partial charge in [0.05, 0.1) is 23.5 Å². The number of rotatable bonds is 11. The van der Waals surface area contributed by atoms with Gasteiger partial charge in [0.15, 0.2) is 0 Å². The molecule has 1 amide bonds. The van der Waals surface area contributed by atoms with E-state index in [2.05, 4.69) is 15.3 Å². The van der Waals surface area contributed by atoms with E-state index in [1.807, 2.05) is 48.8 Å². The molecule has 0 saturated heterocycles. The van der Waals surface area contributed by atoms with Gasteiger partial charge in [-0.25, -0.2) is 9.78 Å². The van der Waals surface area contributed by atoms with Crippen molar-refractivity contribution in [3.8, 4) is 11.3 Å². The van der Waals surface area contributed by atoms with Crippen LogP contribution in [0.15, 0.2) is 41.9 Å². The van der Waals surface area contributed by atoms with Crippen molar-refractivity contribution in [3.63, 3.8) is 0 Å². The Morgan fingerprint density at radius 1 is 1.10 bits per heavy atom. The van der Waals surface area contributed by atoms with Crippen LogP contribution in [0.4, 0.5) is 13.2 Å². The van der Waals surface area contributed by atoms with Crippen LogP contribution in [0, 0.1) is 0 Å². The SMILES string of the molecule is CCC(=O)CCCCC[C@H](NC(=O)c1csc2c1CCCC2)c1ncc(-c2ccccc2)[nH]1.O=C(O)C(F)(F)F. The Kier molecular flexibility index (Phi) is 11.5. The topological polar surface area (TPSA) is 112 Å². The van der Waals surface area contributed by atoms with Gasteiger partial charge in [0.25, 0.3) is 5.91 Å². The Hall–Kier alpha value is -3.47. The molecule has 1 aromatic carbocycles. The number of aryl methyl sites for hydroxylation is 1. The number of nitrogens with one attached hydrogen (secondary N) is 2.